The Labute approximate surface area is 127 Å². The van der Waals surface area contributed by atoms with E-state index in [1.807, 2.05) is 24.3 Å². The maximum absolute atomic E-state index is 11.7. The summed E-state index contributed by atoms with van der Waals surface area (Å²) in [6.45, 7) is -0.548. The molecule has 0 bridgehead atoms. The lowest BCUT2D eigenvalue weighted by Gasteiger charge is -2.24. The topological polar surface area (TPSA) is 113 Å². The highest BCUT2D eigenvalue weighted by molar-refractivity contribution is 5.91. The Morgan fingerprint density at radius 1 is 1.33 bits per heavy atom. The molecule has 0 fully saturated rings. The first-order chi connectivity index (χ1) is 9.49. The molecule has 2 rings (SSSR count). The largest absolute Gasteiger partial charge is 0.480 e. The molecule has 1 aromatic carbocycles. The average molecular weight is 314 g/mol. The Morgan fingerprint density at radius 3 is 2.62 bits per heavy atom. The van der Waals surface area contributed by atoms with E-state index < -0.39 is 30.4 Å². The van der Waals surface area contributed by atoms with E-state index in [0.717, 1.165) is 11.3 Å². The Morgan fingerprint density at radius 2 is 2.00 bits per heavy atom. The van der Waals surface area contributed by atoms with Gasteiger partial charge in [0.1, 0.15) is 12.6 Å². The van der Waals surface area contributed by atoms with Crippen LogP contribution in [0.4, 0.5) is 5.69 Å². The van der Waals surface area contributed by atoms with E-state index in [-0.39, 0.29) is 19.0 Å². The third-order valence-electron chi connectivity index (χ3n) is 3.17. The number of anilines is 1. The maximum atomic E-state index is 11.7. The number of amides is 2. The fourth-order valence-corrected chi connectivity index (χ4v) is 2.28. The number of carboxylic acid groups (broad SMARTS) is 1. The van der Waals surface area contributed by atoms with Crippen LogP contribution < -0.4 is 16.0 Å². The number of para-hydroxylation sites is 1. The van der Waals surface area contributed by atoms with Crippen LogP contribution >= 0.6 is 12.4 Å². The van der Waals surface area contributed by atoms with Gasteiger partial charge in [0, 0.05) is 12.1 Å². The number of hydrogen-bond acceptors (Lipinski definition) is 4. The molecule has 1 aromatic rings. The van der Waals surface area contributed by atoms with Gasteiger partial charge in [-0.2, -0.15) is 0 Å². The predicted octanol–water partition coefficient (Wildman–Crippen LogP) is -0.474. The number of carboxylic acids is 1. The van der Waals surface area contributed by atoms with E-state index in [0.29, 0.717) is 6.42 Å². The minimum Gasteiger partial charge on any atom is -0.480 e. The molecular weight excluding hydrogens is 298 g/mol. The smallest absolute Gasteiger partial charge is 0.322 e. The first kappa shape index (κ1) is 16.8. The second kappa shape index (κ2) is 6.94. The molecule has 8 heteroatoms. The molecule has 1 heterocycles. The van der Waals surface area contributed by atoms with Gasteiger partial charge in [-0.15, -0.1) is 12.4 Å². The second-order valence-corrected chi connectivity index (χ2v) is 4.55. The molecule has 0 aliphatic carbocycles. The number of carbonyl (C=O) groups excluding carboxylic acids is 2. The molecule has 0 spiro atoms. The normalized spacial score (nSPS) is 15.8. The number of nitrogens with zero attached hydrogens (tertiary/aromatic N) is 1. The Hall–Kier alpha value is -2.28. The van der Waals surface area contributed by atoms with Crippen molar-refractivity contribution in [2.75, 3.05) is 18.0 Å². The summed E-state index contributed by atoms with van der Waals surface area (Å²) >= 11 is 0. The number of primary amides is 1. The summed E-state index contributed by atoms with van der Waals surface area (Å²) in [4.78, 5) is 35.2. The van der Waals surface area contributed by atoms with E-state index in [1.54, 1.807) is 4.90 Å². The SMILES string of the molecule is Cl.NC(=O)[C@@H]1Cc2ccccc2N1CC(=O)NCC(=O)O. The molecule has 4 N–H and O–H groups in total. The van der Waals surface area contributed by atoms with Gasteiger partial charge >= 0.3 is 5.97 Å². The van der Waals surface area contributed by atoms with Crippen molar-refractivity contribution in [2.24, 2.45) is 5.73 Å². The molecule has 2 amide bonds. The standard InChI is InChI=1S/C13H15N3O4.ClH/c14-13(20)10-5-8-3-1-2-4-9(8)16(10)7-11(17)15-6-12(18)19;/h1-4,10H,5-7H2,(H2,14,20)(H,15,17)(H,18,19);1H/t10-;/m0./s1. The third-order valence-corrected chi connectivity index (χ3v) is 3.17. The zero-order valence-electron chi connectivity index (χ0n) is 11.1. The number of hydrogen-bond donors (Lipinski definition) is 3. The van der Waals surface area contributed by atoms with Gasteiger partial charge in [-0.3, -0.25) is 14.4 Å². The summed E-state index contributed by atoms with van der Waals surface area (Å²) in [7, 11) is 0. The van der Waals surface area contributed by atoms with Crippen molar-refractivity contribution in [3.63, 3.8) is 0 Å². The van der Waals surface area contributed by atoms with Crippen LogP contribution in [0.15, 0.2) is 24.3 Å². The molecule has 114 valence electrons. The number of benzene rings is 1. The summed E-state index contributed by atoms with van der Waals surface area (Å²) in [5, 5.41) is 10.8. The van der Waals surface area contributed by atoms with Gasteiger partial charge in [0.25, 0.3) is 0 Å². The van der Waals surface area contributed by atoms with Gasteiger partial charge in [0.15, 0.2) is 0 Å². The number of nitrogens with two attached hydrogens (primary N) is 1. The second-order valence-electron chi connectivity index (χ2n) is 4.55. The van der Waals surface area contributed by atoms with Gasteiger partial charge in [0.05, 0.1) is 6.54 Å². The Balaban J connectivity index is 0.00000220. The zero-order valence-corrected chi connectivity index (χ0v) is 11.9. The van der Waals surface area contributed by atoms with Crippen molar-refractivity contribution in [1.82, 2.24) is 5.32 Å². The molecule has 1 aliphatic rings. The summed E-state index contributed by atoms with van der Waals surface area (Å²) in [6.07, 6.45) is 0.456. The van der Waals surface area contributed by atoms with Gasteiger partial charge < -0.3 is 21.1 Å². The lowest BCUT2D eigenvalue weighted by atomic mass is 10.1. The molecule has 1 atom stereocenters. The van der Waals surface area contributed by atoms with Crippen molar-refractivity contribution in [3.05, 3.63) is 29.8 Å². The maximum Gasteiger partial charge on any atom is 0.322 e. The molecule has 0 unspecified atom stereocenters. The summed E-state index contributed by atoms with van der Waals surface area (Å²) in [5.41, 5.74) is 7.09. The lowest BCUT2D eigenvalue weighted by Crippen LogP contribution is -2.47. The number of rotatable bonds is 5. The molecule has 0 aromatic heterocycles. The van der Waals surface area contributed by atoms with Gasteiger partial charge in [-0.1, -0.05) is 18.2 Å². The minimum atomic E-state index is -1.12. The van der Waals surface area contributed by atoms with E-state index >= 15 is 0 Å². The van der Waals surface area contributed by atoms with E-state index in [2.05, 4.69) is 5.32 Å². The summed E-state index contributed by atoms with van der Waals surface area (Å²) in [6, 6.07) is 6.77. The lowest BCUT2D eigenvalue weighted by molar-refractivity contribution is -0.137. The quantitative estimate of drug-likeness (QED) is 0.680. The summed E-state index contributed by atoms with van der Waals surface area (Å²) < 4.78 is 0. The average Bonchev–Trinajstić information content (AvgIpc) is 2.76. The van der Waals surface area contributed by atoms with Crippen LogP contribution in [-0.4, -0.2) is 42.0 Å². The molecule has 21 heavy (non-hydrogen) atoms. The highest BCUT2D eigenvalue weighted by atomic mass is 35.5. The first-order valence-electron chi connectivity index (χ1n) is 6.11. The molecule has 0 saturated heterocycles. The number of halogens is 1. The molecule has 0 radical (unpaired) electrons. The van der Waals surface area contributed by atoms with Gasteiger partial charge in [-0.05, 0) is 11.6 Å². The van der Waals surface area contributed by atoms with Crippen molar-refractivity contribution in [1.29, 1.82) is 0 Å². The van der Waals surface area contributed by atoms with E-state index in [1.165, 1.54) is 0 Å². The molecular formula is C13H16ClN3O4. The van der Waals surface area contributed by atoms with Crippen LogP contribution in [0.3, 0.4) is 0 Å². The van der Waals surface area contributed by atoms with Crippen LogP contribution in [0.5, 0.6) is 0 Å². The Kier molecular flexibility index (Phi) is 5.54. The zero-order chi connectivity index (χ0) is 14.7. The predicted molar refractivity (Wildman–Crippen MR) is 78.4 cm³/mol. The Bertz CT molecular complexity index is 564. The van der Waals surface area contributed by atoms with Crippen LogP contribution in [0.2, 0.25) is 0 Å². The monoisotopic (exact) mass is 313 g/mol. The van der Waals surface area contributed by atoms with Crippen molar-refractivity contribution < 1.29 is 19.5 Å². The number of nitrogens with one attached hydrogen (secondary N) is 1. The van der Waals surface area contributed by atoms with Crippen LogP contribution in [0.25, 0.3) is 0 Å². The fraction of sp³-hybridized carbons (Fsp3) is 0.308. The van der Waals surface area contributed by atoms with Crippen molar-refractivity contribution in [3.8, 4) is 0 Å². The van der Waals surface area contributed by atoms with Gasteiger partial charge in [-0.25, -0.2) is 0 Å². The minimum absolute atomic E-state index is 0. The highest BCUT2D eigenvalue weighted by Crippen LogP contribution is 2.31. The van der Waals surface area contributed by atoms with Gasteiger partial charge in [0.2, 0.25) is 11.8 Å². The highest BCUT2D eigenvalue weighted by Gasteiger charge is 2.33. The van der Waals surface area contributed by atoms with Crippen molar-refractivity contribution in [2.45, 2.75) is 12.5 Å². The van der Waals surface area contributed by atoms with E-state index in [4.69, 9.17) is 10.8 Å². The van der Waals surface area contributed by atoms with Crippen LogP contribution in [-0.2, 0) is 20.8 Å². The molecule has 7 nitrogen and oxygen atoms in total. The number of carbonyl (C=O) groups is 3. The van der Waals surface area contributed by atoms with Crippen LogP contribution in [0, 0.1) is 0 Å². The first-order valence-corrected chi connectivity index (χ1v) is 6.11. The number of fused-ring (bicyclic) bond motifs is 1. The molecule has 1 aliphatic heterocycles. The number of aliphatic carboxylic acids is 1. The molecule has 0 saturated carbocycles. The fourth-order valence-electron chi connectivity index (χ4n) is 2.28. The van der Waals surface area contributed by atoms with Crippen LogP contribution in [0.1, 0.15) is 5.56 Å². The third kappa shape index (κ3) is 3.85. The summed E-state index contributed by atoms with van der Waals surface area (Å²) in [5.74, 6) is -2.09. The van der Waals surface area contributed by atoms with E-state index in [9.17, 15) is 14.4 Å². The van der Waals surface area contributed by atoms with Crippen molar-refractivity contribution >= 4 is 35.9 Å².